The smallest absolute Gasteiger partial charge is 0.327 e. The SMILES string of the molecule is CCC1(CC)C(=O)N(C(=O)NCCCCc2ccc3c(c2)OCO3)[C@@H]1Oc1ccc(C(=O)N2CCN(C)CC2)cc1. The highest BCUT2D eigenvalue weighted by Crippen LogP contribution is 2.46. The molecule has 0 spiro atoms. The van der Waals surface area contributed by atoms with Gasteiger partial charge in [-0.15, -0.1) is 0 Å². The second-order valence-electron chi connectivity index (χ2n) is 11.0. The Hall–Kier alpha value is -3.79. The van der Waals surface area contributed by atoms with E-state index in [-0.39, 0.29) is 18.6 Å². The molecule has 0 radical (unpaired) electrons. The van der Waals surface area contributed by atoms with E-state index in [0.717, 1.165) is 49.4 Å². The van der Waals surface area contributed by atoms with Gasteiger partial charge in [-0.3, -0.25) is 9.59 Å². The molecule has 0 aromatic heterocycles. The molecule has 2 aromatic carbocycles. The fraction of sp³-hybridized carbons (Fsp3) is 0.516. The molecule has 10 heteroatoms. The van der Waals surface area contributed by atoms with Crippen LogP contribution in [0.5, 0.6) is 17.2 Å². The molecule has 0 aliphatic carbocycles. The molecule has 2 aromatic rings. The van der Waals surface area contributed by atoms with Crippen LogP contribution in [-0.2, 0) is 11.2 Å². The number of piperazine rings is 1. The molecule has 10 nitrogen and oxygen atoms in total. The first kappa shape index (κ1) is 28.7. The van der Waals surface area contributed by atoms with Gasteiger partial charge in [0, 0.05) is 38.3 Å². The highest BCUT2D eigenvalue weighted by molar-refractivity contribution is 6.03. The van der Waals surface area contributed by atoms with E-state index in [1.807, 2.05) is 36.9 Å². The van der Waals surface area contributed by atoms with Crippen LogP contribution in [0.25, 0.3) is 0 Å². The molecule has 4 amide bonds. The number of aryl methyl sites for hydroxylation is 1. The van der Waals surface area contributed by atoms with Crippen LogP contribution in [0.2, 0.25) is 0 Å². The van der Waals surface area contributed by atoms with E-state index in [2.05, 4.69) is 17.3 Å². The van der Waals surface area contributed by atoms with Crippen LogP contribution in [0.1, 0.15) is 55.5 Å². The van der Waals surface area contributed by atoms with E-state index in [0.29, 0.717) is 43.8 Å². The Bertz CT molecular complexity index is 1250. The molecule has 220 valence electrons. The van der Waals surface area contributed by atoms with E-state index in [9.17, 15) is 14.4 Å². The zero-order chi connectivity index (χ0) is 29.0. The Morgan fingerprint density at radius 3 is 2.39 bits per heavy atom. The van der Waals surface area contributed by atoms with E-state index in [4.69, 9.17) is 14.2 Å². The number of hydrogen-bond acceptors (Lipinski definition) is 7. The lowest BCUT2D eigenvalue weighted by molar-refractivity contribution is -0.190. The fourth-order valence-electron chi connectivity index (χ4n) is 5.73. The van der Waals surface area contributed by atoms with Gasteiger partial charge in [-0.05, 0) is 81.1 Å². The molecule has 0 bridgehead atoms. The summed E-state index contributed by atoms with van der Waals surface area (Å²) in [7, 11) is 2.05. The third-order valence-corrected chi connectivity index (χ3v) is 8.58. The van der Waals surface area contributed by atoms with Crippen molar-refractivity contribution in [3.05, 3.63) is 53.6 Å². The summed E-state index contributed by atoms with van der Waals surface area (Å²) >= 11 is 0. The summed E-state index contributed by atoms with van der Waals surface area (Å²) in [5, 5.41) is 2.90. The van der Waals surface area contributed by atoms with Crippen molar-refractivity contribution in [2.75, 3.05) is 46.6 Å². The number of β-lactam (4-membered cyclic amide) rings is 1. The minimum absolute atomic E-state index is 0.000497. The van der Waals surface area contributed by atoms with Crippen molar-refractivity contribution in [3.63, 3.8) is 0 Å². The van der Waals surface area contributed by atoms with Gasteiger partial charge in [0.25, 0.3) is 5.91 Å². The van der Waals surface area contributed by atoms with Gasteiger partial charge in [0.1, 0.15) is 11.2 Å². The zero-order valence-corrected chi connectivity index (χ0v) is 24.2. The Kier molecular flexibility index (Phi) is 8.68. The second-order valence-corrected chi connectivity index (χ2v) is 11.0. The van der Waals surface area contributed by atoms with Gasteiger partial charge in [-0.2, -0.15) is 0 Å². The number of carbonyl (C=O) groups is 3. The molecule has 5 rings (SSSR count). The Balaban J connectivity index is 1.15. The average Bonchev–Trinajstić information content (AvgIpc) is 3.46. The average molecular weight is 565 g/mol. The summed E-state index contributed by atoms with van der Waals surface area (Å²) in [6.45, 7) is 7.72. The first-order chi connectivity index (χ1) is 19.9. The zero-order valence-electron chi connectivity index (χ0n) is 24.2. The van der Waals surface area contributed by atoms with Crippen LogP contribution >= 0.6 is 0 Å². The first-order valence-electron chi connectivity index (χ1n) is 14.6. The number of benzene rings is 2. The standard InChI is InChI=1S/C31H40N4O6/c1-4-31(5-2)28(37)35(30(38)32-15-7-6-8-22-9-14-25-26(20-22)40-21-39-25)29(31)41-24-12-10-23(11-13-24)27(36)34-18-16-33(3)17-19-34/h9-14,20,29H,4-8,15-19,21H2,1-3H3,(H,32,38)/t29-/m1/s1. The monoisotopic (exact) mass is 564 g/mol. The number of nitrogens with zero attached hydrogens (tertiary/aromatic N) is 3. The van der Waals surface area contributed by atoms with E-state index in [1.165, 1.54) is 4.90 Å². The maximum atomic E-state index is 13.2. The van der Waals surface area contributed by atoms with Gasteiger partial charge >= 0.3 is 6.03 Å². The summed E-state index contributed by atoms with van der Waals surface area (Å²) in [4.78, 5) is 44.5. The number of imide groups is 1. The Labute approximate surface area is 241 Å². The number of ether oxygens (including phenoxy) is 3. The number of fused-ring (bicyclic) bond motifs is 1. The lowest BCUT2D eigenvalue weighted by Crippen LogP contribution is -2.73. The fourth-order valence-corrected chi connectivity index (χ4v) is 5.73. The topological polar surface area (TPSA) is 101 Å². The molecule has 0 unspecified atom stereocenters. The van der Waals surface area contributed by atoms with Gasteiger partial charge in [-0.1, -0.05) is 19.9 Å². The normalized spacial score (nSPS) is 19.6. The quantitative estimate of drug-likeness (QED) is 0.345. The number of hydrogen-bond donors (Lipinski definition) is 1. The molecule has 1 N–H and O–H groups in total. The van der Waals surface area contributed by atoms with Crippen molar-refractivity contribution < 1.29 is 28.6 Å². The Morgan fingerprint density at radius 1 is 0.976 bits per heavy atom. The molecule has 2 saturated heterocycles. The largest absolute Gasteiger partial charge is 0.469 e. The summed E-state index contributed by atoms with van der Waals surface area (Å²) < 4.78 is 17.1. The second kappa shape index (κ2) is 12.4. The summed E-state index contributed by atoms with van der Waals surface area (Å²) in [6, 6.07) is 12.5. The number of carbonyl (C=O) groups excluding carboxylic acids is 3. The van der Waals surface area contributed by atoms with E-state index in [1.54, 1.807) is 24.3 Å². The molecule has 1 atom stereocenters. The van der Waals surface area contributed by atoms with Gasteiger partial charge in [0.2, 0.25) is 12.7 Å². The highest BCUT2D eigenvalue weighted by atomic mass is 16.7. The molecule has 3 aliphatic rings. The van der Waals surface area contributed by atoms with Crippen LogP contribution in [0, 0.1) is 5.41 Å². The van der Waals surface area contributed by atoms with Crippen LogP contribution in [0.3, 0.4) is 0 Å². The van der Waals surface area contributed by atoms with Gasteiger partial charge < -0.3 is 29.3 Å². The lowest BCUT2D eigenvalue weighted by Gasteiger charge is -2.53. The number of unbranched alkanes of at least 4 members (excludes halogenated alkanes) is 1. The Morgan fingerprint density at radius 2 is 1.68 bits per heavy atom. The molecule has 41 heavy (non-hydrogen) atoms. The van der Waals surface area contributed by atoms with Crippen LogP contribution in [-0.4, -0.2) is 85.3 Å². The minimum Gasteiger partial charge on any atom is -0.469 e. The lowest BCUT2D eigenvalue weighted by atomic mass is 9.72. The minimum atomic E-state index is -0.759. The molecule has 0 saturated carbocycles. The maximum absolute atomic E-state index is 13.2. The molecular weight excluding hydrogens is 524 g/mol. The van der Waals surface area contributed by atoms with Crippen molar-refractivity contribution >= 4 is 17.8 Å². The third kappa shape index (κ3) is 5.84. The van der Waals surface area contributed by atoms with Gasteiger partial charge in [0.15, 0.2) is 17.7 Å². The highest BCUT2D eigenvalue weighted by Gasteiger charge is 2.62. The van der Waals surface area contributed by atoms with Crippen molar-refractivity contribution in [2.24, 2.45) is 5.41 Å². The third-order valence-electron chi connectivity index (χ3n) is 8.58. The first-order valence-corrected chi connectivity index (χ1v) is 14.6. The summed E-state index contributed by atoms with van der Waals surface area (Å²) in [6.07, 6.45) is 2.91. The van der Waals surface area contributed by atoms with Gasteiger partial charge in [0.05, 0.1) is 0 Å². The number of nitrogens with one attached hydrogen (secondary N) is 1. The molecule has 3 aliphatic heterocycles. The van der Waals surface area contributed by atoms with Crippen LogP contribution in [0.4, 0.5) is 4.79 Å². The molecular formula is C31H40N4O6. The predicted molar refractivity (Wildman–Crippen MR) is 153 cm³/mol. The molecule has 3 heterocycles. The number of rotatable bonds is 10. The summed E-state index contributed by atoms with van der Waals surface area (Å²) in [5.41, 5.74) is 0.989. The number of likely N-dealkylation sites (N-methyl/N-ethyl adjacent to an activating group) is 1. The van der Waals surface area contributed by atoms with Crippen LogP contribution < -0.4 is 19.5 Å². The number of amides is 4. The van der Waals surface area contributed by atoms with Gasteiger partial charge in [-0.25, -0.2) is 9.69 Å². The van der Waals surface area contributed by atoms with E-state index >= 15 is 0 Å². The van der Waals surface area contributed by atoms with Crippen molar-refractivity contribution in [3.8, 4) is 17.2 Å². The van der Waals surface area contributed by atoms with Crippen LogP contribution in [0.15, 0.2) is 42.5 Å². The number of likely N-dealkylation sites (tertiary alicyclic amines) is 1. The van der Waals surface area contributed by atoms with Crippen molar-refractivity contribution in [2.45, 2.75) is 52.2 Å². The number of urea groups is 1. The van der Waals surface area contributed by atoms with Crippen molar-refractivity contribution in [1.29, 1.82) is 0 Å². The predicted octanol–water partition coefficient (Wildman–Crippen LogP) is 3.89. The van der Waals surface area contributed by atoms with Crippen molar-refractivity contribution in [1.82, 2.24) is 20.0 Å². The molecule has 2 fully saturated rings. The summed E-state index contributed by atoms with van der Waals surface area (Å²) in [5.74, 6) is 1.84. The van der Waals surface area contributed by atoms with E-state index < -0.39 is 17.7 Å². The maximum Gasteiger partial charge on any atom is 0.327 e.